The van der Waals surface area contributed by atoms with Crippen molar-refractivity contribution in [1.82, 2.24) is 4.68 Å². The molecule has 2 aromatic rings. The van der Waals surface area contributed by atoms with Gasteiger partial charge in [0.1, 0.15) is 0 Å². The molecule has 1 heterocycles. The van der Waals surface area contributed by atoms with Crippen LogP contribution in [0.4, 0.5) is 0 Å². The summed E-state index contributed by atoms with van der Waals surface area (Å²) in [6.45, 7) is 2.14. The molecule has 0 radical (unpaired) electrons. The van der Waals surface area contributed by atoms with Gasteiger partial charge in [0.05, 0.1) is 6.04 Å². The van der Waals surface area contributed by atoms with Crippen molar-refractivity contribution < 1.29 is 0 Å². The zero-order valence-electron chi connectivity index (χ0n) is 8.52. The third kappa shape index (κ3) is 2.63. The first-order valence-corrected chi connectivity index (χ1v) is 5.70. The monoisotopic (exact) mass is 264 g/mol. The number of benzene rings is 1. The second-order valence-electron chi connectivity index (χ2n) is 3.50. The minimum Gasteiger partial charge on any atom is -0.319 e. The summed E-state index contributed by atoms with van der Waals surface area (Å²) in [6, 6.07) is 12.6. The second-order valence-corrected chi connectivity index (χ2v) is 4.41. The van der Waals surface area contributed by atoms with E-state index in [-0.39, 0.29) is 6.04 Å². The zero-order chi connectivity index (χ0) is 10.7. The Kier molecular flexibility index (Phi) is 3.11. The van der Waals surface area contributed by atoms with E-state index in [1.54, 1.807) is 0 Å². The predicted molar refractivity (Wildman–Crippen MR) is 66.3 cm³/mol. The molecule has 3 heteroatoms. The van der Waals surface area contributed by atoms with Crippen LogP contribution in [0, 0.1) is 0 Å². The Morgan fingerprint density at radius 3 is 2.60 bits per heavy atom. The molecule has 1 aromatic heterocycles. The molecular weight excluding hydrogens is 252 g/mol. The van der Waals surface area contributed by atoms with Crippen molar-refractivity contribution in [3.8, 4) is 0 Å². The summed E-state index contributed by atoms with van der Waals surface area (Å²) in [7, 11) is 0. The highest BCUT2D eigenvalue weighted by atomic mass is 79.9. The summed E-state index contributed by atoms with van der Waals surface area (Å²) < 4.78 is 3.08. The van der Waals surface area contributed by atoms with Crippen LogP contribution in [0.2, 0.25) is 0 Å². The first-order chi connectivity index (χ1) is 7.25. The van der Waals surface area contributed by atoms with E-state index in [9.17, 15) is 0 Å². The van der Waals surface area contributed by atoms with Gasteiger partial charge >= 0.3 is 0 Å². The Hall–Kier alpha value is -1.22. The number of rotatable bonds is 3. The molecular formula is C12H13BrN2. The summed E-state index contributed by atoms with van der Waals surface area (Å²) in [4.78, 5) is 0. The number of nitrogens with zero attached hydrogens (tertiary/aromatic N) is 1. The van der Waals surface area contributed by atoms with Gasteiger partial charge in [0.15, 0.2) is 0 Å². The lowest BCUT2D eigenvalue weighted by atomic mass is 10.1. The minimum atomic E-state index is 0.287. The normalized spacial score (nSPS) is 12.4. The second kappa shape index (κ2) is 4.53. The highest BCUT2D eigenvalue weighted by Crippen LogP contribution is 2.18. The summed E-state index contributed by atoms with van der Waals surface area (Å²) >= 11 is 3.47. The Labute approximate surface area is 98.0 Å². The van der Waals surface area contributed by atoms with Crippen LogP contribution in [0.1, 0.15) is 18.5 Å². The van der Waals surface area contributed by atoms with Crippen LogP contribution >= 0.6 is 15.9 Å². The SMILES string of the molecule is CC(Nn1cccc1)c1cccc(Br)c1. The van der Waals surface area contributed by atoms with Gasteiger partial charge in [-0.15, -0.1) is 0 Å². The minimum absolute atomic E-state index is 0.287. The van der Waals surface area contributed by atoms with Gasteiger partial charge in [0, 0.05) is 16.9 Å². The van der Waals surface area contributed by atoms with Gasteiger partial charge in [-0.3, -0.25) is 4.68 Å². The average Bonchev–Trinajstić information content (AvgIpc) is 2.70. The molecule has 0 amide bonds. The lowest BCUT2D eigenvalue weighted by molar-refractivity contribution is 0.728. The molecule has 0 aliphatic rings. The first-order valence-electron chi connectivity index (χ1n) is 4.91. The average molecular weight is 265 g/mol. The maximum Gasteiger partial charge on any atom is 0.0645 e. The van der Waals surface area contributed by atoms with E-state index < -0.39 is 0 Å². The molecule has 0 bridgehead atoms. The standard InChI is InChI=1S/C12H13BrN2/c1-10(14-15-7-2-3-8-15)11-5-4-6-12(13)9-11/h2-10,14H,1H3. The van der Waals surface area contributed by atoms with Gasteiger partial charge in [-0.2, -0.15) is 0 Å². The summed E-state index contributed by atoms with van der Waals surface area (Å²) in [5.41, 5.74) is 4.62. The van der Waals surface area contributed by atoms with Gasteiger partial charge in [-0.25, -0.2) is 0 Å². The Morgan fingerprint density at radius 2 is 1.93 bits per heavy atom. The zero-order valence-corrected chi connectivity index (χ0v) is 10.1. The summed E-state index contributed by atoms with van der Waals surface area (Å²) in [5, 5.41) is 0. The van der Waals surface area contributed by atoms with E-state index in [0.29, 0.717) is 0 Å². The number of hydrogen-bond acceptors (Lipinski definition) is 1. The Balaban J connectivity index is 2.11. The molecule has 2 rings (SSSR count). The molecule has 0 aliphatic heterocycles. The number of aromatic nitrogens is 1. The van der Waals surface area contributed by atoms with Gasteiger partial charge in [0.25, 0.3) is 0 Å². The van der Waals surface area contributed by atoms with Crippen LogP contribution in [0.5, 0.6) is 0 Å². The Morgan fingerprint density at radius 1 is 1.20 bits per heavy atom. The van der Waals surface area contributed by atoms with Crippen molar-refractivity contribution in [2.75, 3.05) is 5.43 Å². The molecule has 0 spiro atoms. The van der Waals surface area contributed by atoms with Crippen molar-refractivity contribution >= 4 is 15.9 Å². The lowest BCUT2D eigenvalue weighted by Crippen LogP contribution is -2.16. The van der Waals surface area contributed by atoms with Gasteiger partial charge in [-0.05, 0) is 36.8 Å². The van der Waals surface area contributed by atoms with Gasteiger partial charge < -0.3 is 5.43 Å². The van der Waals surface area contributed by atoms with E-state index in [2.05, 4.69) is 40.4 Å². The van der Waals surface area contributed by atoms with E-state index in [1.807, 2.05) is 41.3 Å². The first kappa shape index (κ1) is 10.3. The van der Waals surface area contributed by atoms with Crippen molar-refractivity contribution in [2.45, 2.75) is 13.0 Å². The maximum atomic E-state index is 3.47. The van der Waals surface area contributed by atoms with E-state index in [4.69, 9.17) is 0 Å². The fourth-order valence-corrected chi connectivity index (χ4v) is 1.91. The third-order valence-corrected chi connectivity index (χ3v) is 2.79. The topological polar surface area (TPSA) is 17.0 Å². The molecule has 1 aromatic carbocycles. The quantitative estimate of drug-likeness (QED) is 0.897. The Bertz CT molecular complexity index is 423. The fraction of sp³-hybridized carbons (Fsp3) is 0.167. The van der Waals surface area contributed by atoms with Crippen LogP contribution in [0.25, 0.3) is 0 Å². The number of halogens is 1. The summed E-state index contributed by atoms with van der Waals surface area (Å²) in [6.07, 6.45) is 3.99. The van der Waals surface area contributed by atoms with Crippen LogP contribution < -0.4 is 5.43 Å². The molecule has 1 atom stereocenters. The van der Waals surface area contributed by atoms with Crippen molar-refractivity contribution in [2.24, 2.45) is 0 Å². The van der Waals surface area contributed by atoms with E-state index >= 15 is 0 Å². The lowest BCUT2D eigenvalue weighted by Gasteiger charge is -2.16. The maximum absolute atomic E-state index is 3.47. The highest BCUT2D eigenvalue weighted by Gasteiger charge is 2.04. The molecule has 2 nitrogen and oxygen atoms in total. The van der Waals surface area contributed by atoms with Crippen molar-refractivity contribution in [3.05, 3.63) is 58.8 Å². The van der Waals surface area contributed by atoms with Crippen LogP contribution in [0.3, 0.4) is 0 Å². The molecule has 1 unspecified atom stereocenters. The number of hydrogen-bond donors (Lipinski definition) is 1. The summed E-state index contributed by atoms with van der Waals surface area (Å²) in [5.74, 6) is 0. The van der Waals surface area contributed by atoms with Crippen LogP contribution in [-0.2, 0) is 0 Å². The molecule has 0 fully saturated rings. The fourth-order valence-electron chi connectivity index (χ4n) is 1.49. The predicted octanol–water partition coefficient (Wildman–Crippen LogP) is 3.56. The highest BCUT2D eigenvalue weighted by molar-refractivity contribution is 9.10. The molecule has 15 heavy (non-hydrogen) atoms. The molecule has 0 saturated carbocycles. The largest absolute Gasteiger partial charge is 0.319 e. The van der Waals surface area contributed by atoms with Gasteiger partial charge in [-0.1, -0.05) is 28.1 Å². The molecule has 1 N–H and O–H groups in total. The molecule has 0 aliphatic carbocycles. The van der Waals surface area contributed by atoms with Gasteiger partial charge in [0.2, 0.25) is 0 Å². The van der Waals surface area contributed by atoms with Crippen LogP contribution in [-0.4, -0.2) is 4.68 Å². The third-order valence-electron chi connectivity index (χ3n) is 2.30. The van der Waals surface area contributed by atoms with Crippen LogP contribution in [0.15, 0.2) is 53.3 Å². The number of nitrogens with one attached hydrogen (secondary N) is 1. The molecule has 78 valence electrons. The molecule has 0 saturated heterocycles. The van der Waals surface area contributed by atoms with E-state index in [1.165, 1.54) is 5.56 Å². The van der Waals surface area contributed by atoms with E-state index in [0.717, 1.165) is 4.47 Å². The van der Waals surface area contributed by atoms with Crippen molar-refractivity contribution in [3.63, 3.8) is 0 Å². The smallest absolute Gasteiger partial charge is 0.0645 e. The van der Waals surface area contributed by atoms with Crippen molar-refractivity contribution in [1.29, 1.82) is 0 Å².